The first kappa shape index (κ1) is 17.0. The molecule has 2 rings (SSSR count). The van der Waals surface area contributed by atoms with Crippen molar-refractivity contribution >= 4 is 28.1 Å². The second kappa shape index (κ2) is 8.30. The van der Waals surface area contributed by atoms with Crippen LogP contribution < -0.4 is 5.32 Å². The number of hydrogen-bond acceptors (Lipinski definition) is 4. The lowest BCUT2D eigenvalue weighted by Gasteiger charge is -2.12. The molecule has 1 N–H and O–H groups in total. The zero-order chi connectivity index (χ0) is 15.9. The normalized spacial score (nSPS) is 10.9. The smallest absolute Gasteiger partial charge is 0.210 e. The molecule has 0 atom stereocenters. The molecule has 2 aromatic rings. The van der Waals surface area contributed by atoms with Crippen LogP contribution in [0.15, 0.2) is 36.5 Å². The minimum absolute atomic E-state index is 0.361. The van der Waals surface area contributed by atoms with Crippen molar-refractivity contribution in [1.82, 2.24) is 10.2 Å². The average molecular weight is 336 g/mol. The van der Waals surface area contributed by atoms with Gasteiger partial charge in [0.25, 0.3) is 0 Å². The molecule has 0 unspecified atom stereocenters. The zero-order valence-electron chi connectivity index (χ0n) is 13.1. The maximum Gasteiger partial charge on any atom is 0.210 e. The molecule has 5 heteroatoms. The summed E-state index contributed by atoms with van der Waals surface area (Å²) in [5.41, 5.74) is 3.20. The molecule has 0 spiro atoms. The van der Waals surface area contributed by atoms with Gasteiger partial charge in [-0.15, -0.1) is 21.8 Å². The lowest BCUT2D eigenvalue weighted by atomic mass is 9.94. The van der Waals surface area contributed by atoms with Gasteiger partial charge in [-0.25, -0.2) is 0 Å². The highest BCUT2D eigenvalue weighted by atomic mass is 35.5. The van der Waals surface area contributed by atoms with E-state index in [0.29, 0.717) is 5.88 Å². The van der Waals surface area contributed by atoms with Gasteiger partial charge in [0.15, 0.2) is 0 Å². The lowest BCUT2D eigenvalue weighted by molar-refractivity contribution is 0.490. The molecule has 118 valence electrons. The SMILES string of the molecule is C=C(CCl)Nc1nnc(-c2ccc(CC(CC)CC)cc2)s1. The molecule has 0 saturated carbocycles. The van der Waals surface area contributed by atoms with E-state index in [-0.39, 0.29) is 0 Å². The summed E-state index contributed by atoms with van der Waals surface area (Å²) < 4.78 is 0. The van der Waals surface area contributed by atoms with Crippen molar-refractivity contribution in [3.8, 4) is 10.6 Å². The third-order valence-electron chi connectivity index (χ3n) is 3.75. The van der Waals surface area contributed by atoms with Gasteiger partial charge in [0.05, 0.1) is 5.88 Å². The van der Waals surface area contributed by atoms with Crippen LogP contribution in [0.3, 0.4) is 0 Å². The van der Waals surface area contributed by atoms with E-state index in [1.165, 1.54) is 29.7 Å². The Labute approximate surface area is 141 Å². The number of rotatable bonds is 8. The van der Waals surface area contributed by atoms with Gasteiger partial charge in [0, 0.05) is 11.3 Å². The largest absolute Gasteiger partial charge is 0.333 e. The Morgan fingerprint density at radius 3 is 2.50 bits per heavy atom. The van der Waals surface area contributed by atoms with Gasteiger partial charge >= 0.3 is 0 Å². The summed E-state index contributed by atoms with van der Waals surface area (Å²) in [5.74, 6) is 1.13. The van der Waals surface area contributed by atoms with E-state index in [4.69, 9.17) is 11.6 Å². The molecule has 0 aliphatic heterocycles. The number of aromatic nitrogens is 2. The number of nitrogens with zero attached hydrogens (tertiary/aromatic N) is 2. The van der Waals surface area contributed by atoms with Crippen LogP contribution in [-0.4, -0.2) is 16.1 Å². The minimum Gasteiger partial charge on any atom is -0.333 e. The lowest BCUT2D eigenvalue weighted by Crippen LogP contribution is -2.01. The standard InChI is InChI=1S/C17H22ClN3S/c1-4-13(5-2)10-14-6-8-15(9-7-14)16-20-21-17(22-16)19-12(3)11-18/h6-9,13H,3-5,10-11H2,1-2H3,(H,19,21). The first-order valence-electron chi connectivity index (χ1n) is 7.59. The molecule has 0 saturated heterocycles. The number of allylic oxidation sites excluding steroid dienone is 1. The molecule has 3 nitrogen and oxygen atoms in total. The Morgan fingerprint density at radius 2 is 1.91 bits per heavy atom. The van der Waals surface area contributed by atoms with E-state index in [0.717, 1.165) is 33.7 Å². The number of alkyl halides is 1. The van der Waals surface area contributed by atoms with Crippen molar-refractivity contribution in [3.63, 3.8) is 0 Å². The Hall–Kier alpha value is -1.39. The Balaban J connectivity index is 2.05. The molecule has 1 aromatic heterocycles. The summed E-state index contributed by atoms with van der Waals surface area (Å²) in [7, 11) is 0. The summed E-state index contributed by atoms with van der Waals surface area (Å²) in [6.07, 6.45) is 3.61. The van der Waals surface area contributed by atoms with Gasteiger partial charge < -0.3 is 5.32 Å². The van der Waals surface area contributed by atoms with Crippen molar-refractivity contribution in [1.29, 1.82) is 0 Å². The van der Waals surface area contributed by atoms with Crippen LogP contribution in [-0.2, 0) is 6.42 Å². The Bertz CT molecular complexity index is 603. The highest BCUT2D eigenvalue weighted by molar-refractivity contribution is 7.18. The van der Waals surface area contributed by atoms with E-state index in [1.54, 1.807) is 0 Å². The van der Waals surface area contributed by atoms with Gasteiger partial charge in [-0.1, -0.05) is 68.9 Å². The van der Waals surface area contributed by atoms with Crippen LogP contribution in [0, 0.1) is 5.92 Å². The fourth-order valence-corrected chi connectivity index (χ4v) is 3.13. The van der Waals surface area contributed by atoms with Crippen LogP contribution in [0.1, 0.15) is 32.3 Å². The fraction of sp³-hybridized carbons (Fsp3) is 0.412. The molecular formula is C17H22ClN3S. The first-order chi connectivity index (χ1) is 10.7. The zero-order valence-corrected chi connectivity index (χ0v) is 14.7. The molecule has 22 heavy (non-hydrogen) atoms. The van der Waals surface area contributed by atoms with Gasteiger partial charge in [-0.3, -0.25) is 0 Å². The molecule has 0 fully saturated rings. The van der Waals surface area contributed by atoms with Gasteiger partial charge in [-0.2, -0.15) is 0 Å². The van der Waals surface area contributed by atoms with Crippen molar-refractivity contribution in [2.45, 2.75) is 33.1 Å². The predicted molar refractivity (Wildman–Crippen MR) is 96.6 cm³/mol. The number of halogens is 1. The number of nitrogens with one attached hydrogen (secondary N) is 1. The summed E-state index contributed by atoms with van der Waals surface area (Å²) in [4.78, 5) is 0. The summed E-state index contributed by atoms with van der Waals surface area (Å²) in [5, 5.41) is 13.0. The molecule has 0 bridgehead atoms. The Morgan fingerprint density at radius 1 is 1.23 bits per heavy atom. The van der Waals surface area contributed by atoms with E-state index >= 15 is 0 Å². The second-order valence-electron chi connectivity index (χ2n) is 5.36. The highest BCUT2D eigenvalue weighted by Gasteiger charge is 2.09. The van der Waals surface area contributed by atoms with Crippen LogP contribution in [0.4, 0.5) is 5.13 Å². The van der Waals surface area contributed by atoms with Crippen molar-refractivity contribution in [3.05, 3.63) is 42.1 Å². The van der Waals surface area contributed by atoms with Crippen LogP contribution in [0.2, 0.25) is 0 Å². The quantitative estimate of drug-likeness (QED) is 0.661. The minimum atomic E-state index is 0.361. The topological polar surface area (TPSA) is 37.8 Å². The summed E-state index contributed by atoms with van der Waals surface area (Å²) in [6, 6.07) is 8.64. The van der Waals surface area contributed by atoms with Crippen molar-refractivity contribution in [2.24, 2.45) is 5.92 Å². The highest BCUT2D eigenvalue weighted by Crippen LogP contribution is 2.27. The van der Waals surface area contributed by atoms with Crippen molar-refractivity contribution in [2.75, 3.05) is 11.2 Å². The van der Waals surface area contributed by atoms with Crippen LogP contribution >= 0.6 is 22.9 Å². The summed E-state index contributed by atoms with van der Waals surface area (Å²) >= 11 is 7.21. The third-order valence-corrected chi connectivity index (χ3v) is 4.96. The van der Waals surface area contributed by atoms with Crippen molar-refractivity contribution < 1.29 is 0 Å². The molecule has 0 aliphatic rings. The molecule has 0 amide bonds. The second-order valence-corrected chi connectivity index (χ2v) is 6.60. The van der Waals surface area contributed by atoms with Crippen LogP contribution in [0.25, 0.3) is 10.6 Å². The Kier molecular flexibility index (Phi) is 6.40. The van der Waals surface area contributed by atoms with Gasteiger partial charge in [-0.05, 0) is 17.9 Å². The number of anilines is 1. The maximum atomic E-state index is 5.70. The summed E-state index contributed by atoms with van der Waals surface area (Å²) in [6.45, 7) is 8.32. The van der Waals surface area contributed by atoms with E-state index in [2.05, 4.69) is 60.2 Å². The molecule has 0 aliphatic carbocycles. The van der Waals surface area contributed by atoms with E-state index in [1.807, 2.05) is 0 Å². The third kappa shape index (κ3) is 4.55. The fourth-order valence-electron chi connectivity index (χ4n) is 2.27. The van der Waals surface area contributed by atoms with E-state index in [9.17, 15) is 0 Å². The molecule has 0 radical (unpaired) electrons. The number of benzene rings is 1. The number of hydrogen-bond donors (Lipinski definition) is 1. The van der Waals surface area contributed by atoms with Gasteiger partial charge in [0.2, 0.25) is 5.13 Å². The molecular weight excluding hydrogens is 314 g/mol. The molecule has 1 aromatic carbocycles. The average Bonchev–Trinajstić information content (AvgIpc) is 3.01. The monoisotopic (exact) mass is 335 g/mol. The molecule has 1 heterocycles. The maximum absolute atomic E-state index is 5.70. The predicted octanol–water partition coefficient (Wildman–Crippen LogP) is 5.35. The van der Waals surface area contributed by atoms with Gasteiger partial charge in [0.1, 0.15) is 5.01 Å². The first-order valence-corrected chi connectivity index (χ1v) is 8.94. The van der Waals surface area contributed by atoms with Crippen LogP contribution in [0.5, 0.6) is 0 Å². The van der Waals surface area contributed by atoms with E-state index < -0.39 is 0 Å².